The molecule has 0 spiro atoms. The highest BCUT2D eigenvalue weighted by Gasteiger charge is 2.31. The van der Waals surface area contributed by atoms with E-state index in [2.05, 4.69) is 6.92 Å². The Balaban J connectivity index is 3.70. The first-order valence-corrected chi connectivity index (χ1v) is 11.9. The Morgan fingerprint density at radius 1 is 0.700 bits per heavy atom. The number of aliphatic hydroxyl groups excluding tert-OH is 5. The van der Waals surface area contributed by atoms with Crippen LogP contribution in [-0.2, 0) is 4.79 Å². The highest BCUT2D eigenvalue weighted by atomic mass is 16.4. The molecule has 5 N–H and O–H groups in total. The topological polar surface area (TPSA) is 121 Å². The molecule has 0 rings (SSSR count). The summed E-state index contributed by atoms with van der Waals surface area (Å²) in [4.78, 5) is 13.5. The number of hydrogen-bond donors (Lipinski definition) is 5. The van der Waals surface area contributed by atoms with Crippen LogP contribution in [-0.4, -0.2) is 81.0 Å². The van der Waals surface area contributed by atoms with Gasteiger partial charge in [-0.15, -0.1) is 0 Å². The van der Waals surface area contributed by atoms with Gasteiger partial charge in [0, 0.05) is 20.0 Å². The molecule has 30 heavy (non-hydrogen) atoms. The van der Waals surface area contributed by atoms with E-state index in [4.69, 9.17) is 5.11 Å². The van der Waals surface area contributed by atoms with Crippen LogP contribution in [0.1, 0.15) is 96.8 Å². The second-order valence-electron chi connectivity index (χ2n) is 8.57. The van der Waals surface area contributed by atoms with Gasteiger partial charge in [-0.05, 0) is 6.42 Å². The van der Waals surface area contributed by atoms with Crippen molar-refractivity contribution in [3.8, 4) is 0 Å². The zero-order valence-electron chi connectivity index (χ0n) is 19.2. The zero-order valence-corrected chi connectivity index (χ0v) is 19.2. The van der Waals surface area contributed by atoms with Gasteiger partial charge in [-0.2, -0.15) is 0 Å². The van der Waals surface area contributed by atoms with Crippen LogP contribution in [0.15, 0.2) is 0 Å². The van der Waals surface area contributed by atoms with Gasteiger partial charge in [0.1, 0.15) is 24.4 Å². The van der Waals surface area contributed by atoms with Gasteiger partial charge in [-0.25, -0.2) is 0 Å². The minimum absolute atomic E-state index is 0.124. The Kier molecular flexibility index (Phi) is 18.5. The van der Waals surface area contributed by atoms with Crippen molar-refractivity contribution in [3.05, 3.63) is 0 Å². The number of rotatable bonds is 20. The largest absolute Gasteiger partial charge is 0.394 e. The van der Waals surface area contributed by atoms with Crippen LogP contribution in [0.2, 0.25) is 0 Å². The summed E-state index contributed by atoms with van der Waals surface area (Å²) in [5.41, 5.74) is 0. The third-order valence-corrected chi connectivity index (χ3v) is 5.71. The second-order valence-corrected chi connectivity index (χ2v) is 8.57. The van der Waals surface area contributed by atoms with E-state index in [9.17, 15) is 25.2 Å². The predicted octanol–water partition coefficient (Wildman–Crippen LogP) is 2.36. The van der Waals surface area contributed by atoms with Gasteiger partial charge in [-0.1, -0.05) is 84.0 Å². The molecule has 0 aromatic rings. The van der Waals surface area contributed by atoms with E-state index in [1.54, 1.807) is 0 Å². The fourth-order valence-corrected chi connectivity index (χ4v) is 3.54. The van der Waals surface area contributed by atoms with Crippen LogP contribution in [0.4, 0.5) is 0 Å². The average Bonchev–Trinajstić information content (AvgIpc) is 2.74. The van der Waals surface area contributed by atoms with E-state index < -0.39 is 31.0 Å². The summed E-state index contributed by atoms with van der Waals surface area (Å²) < 4.78 is 0. The van der Waals surface area contributed by atoms with Crippen LogP contribution in [0.25, 0.3) is 0 Å². The van der Waals surface area contributed by atoms with Gasteiger partial charge >= 0.3 is 0 Å². The molecule has 4 unspecified atom stereocenters. The lowest BCUT2D eigenvalue weighted by molar-refractivity contribution is -0.138. The van der Waals surface area contributed by atoms with Crippen molar-refractivity contribution in [2.45, 2.75) is 121 Å². The summed E-state index contributed by atoms with van der Waals surface area (Å²) in [5.74, 6) is -0.124. The number of likely N-dealkylation sites (N-methyl/N-ethyl adjacent to an activating group) is 1. The maximum Gasteiger partial charge on any atom is 0.222 e. The molecule has 0 aliphatic heterocycles. The number of hydrogen-bond acceptors (Lipinski definition) is 6. The summed E-state index contributed by atoms with van der Waals surface area (Å²) in [6, 6.07) is 0. The monoisotopic (exact) mass is 433 g/mol. The summed E-state index contributed by atoms with van der Waals surface area (Å²) >= 11 is 0. The quantitative estimate of drug-likeness (QED) is 0.188. The van der Waals surface area contributed by atoms with Crippen molar-refractivity contribution >= 4 is 5.91 Å². The second kappa shape index (κ2) is 19.0. The summed E-state index contributed by atoms with van der Waals surface area (Å²) in [6.45, 7) is 1.37. The molecule has 0 bridgehead atoms. The number of carbonyl (C=O) groups is 1. The van der Waals surface area contributed by atoms with Crippen molar-refractivity contribution < 1.29 is 30.3 Å². The third kappa shape index (κ3) is 14.3. The molecule has 0 fully saturated rings. The average molecular weight is 434 g/mol. The van der Waals surface area contributed by atoms with E-state index in [0.29, 0.717) is 6.42 Å². The molecule has 0 heterocycles. The van der Waals surface area contributed by atoms with E-state index in [-0.39, 0.29) is 12.5 Å². The molecule has 0 aliphatic carbocycles. The summed E-state index contributed by atoms with van der Waals surface area (Å²) in [6.07, 6.45) is 10.3. The molecule has 7 heteroatoms. The van der Waals surface area contributed by atoms with Crippen LogP contribution in [0.3, 0.4) is 0 Å². The molecule has 180 valence electrons. The standard InChI is InChI=1S/C23H47NO6/c1-3-4-5-6-7-8-9-10-11-12-13-14-15-16-21(28)24(2)17-19(26)22(29)23(30)20(27)18-25/h19-20,22-23,25-27,29-30H,3-18H2,1-2H3. The lowest BCUT2D eigenvalue weighted by Crippen LogP contribution is -2.49. The molecule has 1 amide bonds. The zero-order chi connectivity index (χ0) is 22.8. The van der Waals surface area contributed by atoms with Crippen LogP contribution < -0.4 is 0 Å². The summed E-state index contributed by atoms with van der Waals surface area (Å²) in [7, 11) is 1.54. The number of aliphatic hydroxyl groups is 5. The first-order valence-electron chi connectivity index (χ1n) is 11.9. The first kappa shape index (κ1) is 29.3. The van der Waals surface area contributed by atoms with Crippen LogP contribution in [0.5, 0.6) is 0 Å². The Labute approximate surface area is 183 Å². The van der Waals surface area contributed by atoms with Gasteiger partial charge in [-0.3, -0.25) is 4.79 Å². The Hall–Kier alpha value is -0.730. The van der Waals surface area contributed by atoms with Gasteiger partial charge in [0.15, 0.2) is 0 Å². The molecule has 0 saturated heterocycles. The Morgan fingerprint density at radius 3 is 1.53 bits per heavy atom. The van der Waals surface area contributed by atoms with Gasteiger partial charge < -0.3 is 30.4 Å². The molecular formula is C23H47NO6. The lowest BCUT2D eigenvalue weighted by Gasteiger charge is -2.28. The molecule has 0 aromatic carbocycles. The number of amides is 1. The predicted molar refractivity (Wildman–Crippen MR) is 119 cm³/mol. The fourth-order valence-electron chi connectivity index (χ4n) is 3.54. The van der Waals surface area contributed by atoms with Gasteiger partial charge in [0.2, 0.25) is 5.91 Å². The van der Waals surface area contributed by atoms with Gasteiger partial charge in [0.25, 0.3) is 0 Å². The molecule has 0 aromatic heterocycles. The van der Waals surface area contributed by atoms with Gasteiger partial charge in [0.05, 0.1) is 6.61 Å². The van der Waals surface area contributed by atoms with Crippen molar-refractivity contribution in [3.63, 3.8) is 0 Å². The van der Waals surface area contributed by atoms with Crippen molar-refractivity contribution in [1.82, 2.24) is 4.90 Å². The minimum Gasteiger partial charge on any atom is -0.394 e. The number of carbonyl (C=O) groups excluding carboxylic acids is 1. The van der Waals surface area contributed by atoms with Crippen molar-refractivity contribution in [1.29, 1.82) is 0 Å². The smallest absolute Gasteiger partial charge is 0.222 e. The minimum atomic E-state index is -1.67. The van der Waals surface area contributed by atoms with Crippen LogP contribution >= 0.6 is 0 Å². The Bertz CT molecular complexity index is 409. The fraction of sp³-hybridized carbons (Fsp3) is 0.957. The normalized spacial score (nSPS) is 15.6. The molecule has 0 aliphatic rings. The molecular weight excluding hydrogens is 386 g/mol. The third-order valence-electron chi connectivity index (χ3n) is 5.71. The maximum absolute atomic E-state index is 12.1. The first-order chi connectivity index (χ1) is 14.3. The van der Waals surface area contributed by atoms with E-state index >= 15 is 0 Å². The van der Waals surface area contributed by atoms with E-state index in [1.165, 1.54) is 76.2 Å². The molecule has 7 nitrogen and oxygen atoms in total. The number of nitrogens with zero attached hydrogens (tertiary/aromatic N) is 1. The molecule has 4 atom stereocenters. The van der Waals surface area contributed by atoms with E-state index in [0.717, 1.165) is 19.3 Å². The van der Waals surface area contributed by atoms with Crippen LogP contribution in [0, 0.1) is 0 Å². The Morgan fingerprint density at radius 2 is 1.10 bits per heavy atom. The highest BCUT2D eigenvalue weighted by Crippen LogP contribution is 2.13. The van der Waals surface area contributed by atoms with Crippen molar-refractivity contribution in [2.75, 3.05) is 20.2 Å². The maximum atomic E-state index is 12.1. The van der Waals surface area contributed by atoms with Crippen molar-refractivity contribution in [2.24, 2.45) is 0 Å². The highest BCUT2D eigenvalue weighted by molar-refractivity contribution is 5.75. The lowest BCUT2D eigenvalue weighted by atomic mass is 10.0. The number of unbranched alkanes of at least 4 members (excludes halogenated alkanes) is 12. The molecule has 0 radical (unpaired) electrons. The SMILES string of the molecule is CCCCCCCCCCCCCCCC(=O)N(C)CC(O)C(O)C(O)C(O)CO. The summed E-state index contributed by atoms with van der Waals surface area (Å²) in [5, 5.41) is 47.5. The molecule has 0 saturated carbocycles. The van der Waals surface area contributed by atoms with E-state index in [1.807, 2.05) is 0 Å².